The third-order valence-corrected chi connectivity index (χ3v) is 4.20. The maximum atomic E-state index is 10.9. The Balaban J connectivity index is 0.000000211. The van der Waals surface area contributed by atoms with Crippen molar-refractivity contribution in [2.75, 3.05) is 13.1 Å². The molecule has 0 aliphatic carbocycles. The van der Waals surface area contributed by atoms with Crippen molar-refractivity contribution in [2.45, 2.75) is 44.6 Å². The first-order valence-electron chi connectivity index (χ1n) is 7.00. The molecule has 0 aromatic heterocycles. The van der Waals surface area contributed by atoms with Crippen molar-refractivity contribution in [3.8, 4) is 0 Å². The molecule has 1 saturated heterocycles. The SMILES string of the molecule is CC(C)N1CCCC(=O)C1.Cc1ccc(S(=O)(=O)O)cc1. The van der Waals surface area contributed by atoms with Crippen LogP contribution in [0.1, 0.15) is 32.3 Å². The van der Waals surface area contributed by atoms with Crippen molar-refractivity contribution in [3.63, 3.8) is 0 Å². The predicted octanol–water partition coefficient (Wildman–Crippen LogP) is 2.30. The van der Waals surface area contributed by atoms with Crippen LogP contribution in [-0.4, -0.2) is 42.8 Å². The Kier molecular flexibility index (Phi) is 6.51. The summed E-state index contributed by atoms with van der Waals surface area (Å²) in [4.78, 5) is 13.1. The molecule has 5 nitrogen and oxygen atoms in total. The normalized spacial score (nSPS) is 16.5. The van der Waals surface area contributed by atoms with E-state index < -0.39 is 10.1 Å². The van der Waals surface area contributed by atoms with E-state index in [0.29, 0.717) is 18.4 Å². The molecule has 1 heterocycles. The molecule has 1 aliphatic rings. The number of hydrogen-bond acceptors (Lipinski definition) is 4. The molecule has 0 unspecified atom stereocenters. The molecule has 1 aliphatic heterocycles. The van der Waals surface area contributed by atoms with E-state index in [0.717, 1.165) is 24.9 Å². The molecular weight excluding hydrogens is 290 g/mol. The van der Waals surface area contributed by atoms with Gasteiger partial charge in [0.25, 0.3) is 10.1 Å². The zero-order valence-corrected chi connectivity index (χ0v) is 13.6. The van der Waals surface area contributed by atoms with Crippen molar-refractivity contribution in [1.82, 2.24) is 4.90 Å². The number of likely N-dealkylation sites (tertiary alicyclic amines) is 1. The Morgan fingerprint density at radius 1 is 1.19 bits per heavy atom. The van der Waals surface area contributed by atoms with Gasteiger partial charge >= 0.3 is 0 Å². The van der Waals surface area contributed by atoms with E-state index in [-0.39, 0.29) is 4.90 Å². The van der Waals surface area contributed by atoms with Gasteiger partial charge in [0.1, 0.15) is 5.78 Å². The molecule has 2 rings (SSSR count). The number of benzene rings is 1. The summed E-state index contributed by atoms with van der Waals surface area (Å²) in [5, 5.41) is 0. The monoisotopic (exact) mass is 313 g/mol. The van der Waals surface area contributed by atoms with Crippen molar-refractivity contribution < 1.29 is 17.8 Å². The Morgan fingerprint density at radius 3 is 2.14 bits per heavy atom. The van der Waals surface area contributed by atoms with E-state index in [1.54, 1.807) is 12.1 Å². The first-order chi connectivity index (χ1) is 9.70. The number of hydrogen-bond donors (Lipinski definition) is 1. The molecule has 1 aromatic carbocycles. The molecule has 118 valence electrons. The fraction of sp³-hybridized carbons (Fsp3) is 0.533. The number of carbonyl (C=O) groups excluding carboxylic acids is 1. The van der Waals surface area contributed by atoms with E-state index in [2.05, 4.69) is 18.7 Å². The van der Waals surface area contributed by atoms with Crippen LogP contribution in [0.4, 0.5) is 0 Å². The smallest absolute Gasteiger partial charge is 0.294 e. The lowest BCUT2D eigenvalue weighted by atomic mass is 10.1. The van der Waals surface area contributed by atoms with Crippen LogP contribution >= 0.6 is 0 Å². The largest absolute Gasteiger partial charge is 0.298 e. The number of piperidine rings is 1. The van der Waals surface area contributed by atoms with Gasteiger partial charge in [-0.15, -0.1) is 0 Å². The van der Waals surface area contributed by atoms with E-state index >= 15 is 0 Å². The summed E-state index contributed by atoms with van der Waals surface area (Å²) < 4.78 is 29.6. The van der Waals surface area contributed by atoms with E-state index in [1.807, 2.05) is 6.92 Å². The van der Waals surface area contributed by atoms with Crippen LogP contribution in [0.25, 0.3) is 0 Å². The standard InChI is InChI=1S/C8H15NO.C7H8O3S/c1-7(2)9-5-3-4-8(10)6-9;1-6-2-4-7(5-3-6)11(8,9)10/h7H,3-6H2,1-2H3;2-5H,1H3,(H,8,9,10). The summed E-state index contributed by atoms with van der Waals surface area (Å²) in [7, 11) is -4.02. The second-order valence-electron chi connectivity index (χ2n) is 5.49. The van der Waals surface area contributed by atoms with E-state index in [4.69, 9.17) is 4.55 Å². The van der Waals surface area contributed by atoms with Gasteiger partial charge in [0.2, 0.25) is 0 Å². The van der Waals surface area contributed by atoms with Crippen molar-refractivity contribution in [1.29, 1.82) is 0 Å². The molecule has 0 spiro atoms. The third kappa shape index (κ3) is 6.37. The highest BCUT2D eigenvalue weighted by Crippen LogP contribution is 2.09. The topological polar surface area (TPSA) is 74.7 Å². The molecule has 0 atom stereocenters. The minimum absolute atomic E-state index is 0.0666. The van der Waals surface area contributed by atoms with Gasteiger partial charge in [0.05, 0.1) is 11.4 Å². The van der Waals surface area contributed by atoms with Gasteiger partial charge in [-0.25, -0.2) is 0 Å². The molecule has 6 heteroatoms. The zero-order valence-electron chi connectivity index (χ0n) is 12.7. The minimum Gasteiger partial charge on any atom is -0.298 e. The Hall–Kier alpha value is -1.24. The van der Waals surface area contributed by atoms with Gasteiger partial charge in [0.15, 0.2) is 0 Å². The van der Waals surface area contributed by atoms with Gasteiger partial charge < -0.3 is 0 Å². The highest BCUT2D eigenvalue weighted by molar-refractivity contribution is 7.85. The van der Waals surface area contributed by atoms with Crippen molar-refractivity contribution in [2.24, 2.45) is 0 Å². The second kappa shape index (κ2) is 7.68. The molecule has 1 N–H and O–H groups in total. The third-order valence-electron chi connectivity index (χ3n) is 3.33. The molecular formula is C15H23NO4S. The van der Waals surface area contributed by atoms with Gasteiger partial charge in [-0.05, 0) is 45.9 Å². The maximum Gasteiger partial charge on any atom is 0.294 e. The number of carbonyl (C=O) groups is 1. The van der Waals surface area contributed by atoms with Crippen LogP contribution in [0.5, 0.6) is 0 Å². The lowest BCUT2D eigenvalue weighted by Gasteiger charge is -2.28. The second-order valence-corrected chi connectivity index (χ2v) is 6.92. The van der Waals surface area contributed by atoms with Crippen LogP contribution in [0.2, 0.25) is 0 Å². The number of rotatable bonds is 2. The maximum absolute atomic E-state index is 10.9. The number of aryl methyl sites for hydroxylation is 1. The lowest BCUT2D eigenvalue weighted by molar-refractivity contribution is -0.122. The van der Waals surface area contributed by atoms with Gasteiger partial charge in [-0.1, -0.05) is 17.7 Å². The van der Waals surface area contributed by atoms with Crippen LogP contribution in [-0.2, 0) is 14.9 Å². The fourth-order valence-corrected chi connectivity index (χ4v) is 2.49. The van der Waals surface area contributed by atoms with Crippen molar-refractivity contribution in [3.05, 3.63) is 29.8 Å². The fourth-order valence-electron chi connectivity index (χ4n) is 2.01. The number of nitrogens with zero attached hydrogens (tertiary/aromatic N) is 1. The molecule has 1 fully saturated rings. The average Bonchev–Trinajstić information content (AvgIpc) is 2.39. The molecule has 0 bridgehead atoms. The van der Waals surface area contributed by atoms with Gasteiger partial charge in [-0.2, -0.15) is 8.42 Å². The summed E-state index contributed by atoms with van der Waals surface area (Å²) in [6.07, 6.45) is 1.85. The summed E-state index contributed by atoms with van der Waals surface area (Å²) in [5.41, 5.74) is 0.956. The predicted molar refractivity (Wildman–Crippen MR) is 81.9 cm³/mol. The highest BCUT2D eigenvalue weighted by atomic mass is 32.2. The van der Waals surface area contributed by atoms with E-state index in [9.17, 15) is 13.2 Å². The van der Waals surface area contributed by atoms with Crippen LogP contribution < -0.4 is 0 Å². The lowest BCUT2D eigenvalue weighted by Crippen LogP contribution is -2.40. The summed E-state index contributed by atoms with van der Waals surface area (Å²) in [5.74, 6) is 0.403. The van der Waals surface area contributed by atoms with E-state index in [1.165, 1.54) is 12.1 Å². The van der Waals surface area contributed by atoms with Gasteiger partial charge in [-0.3, -0.25) is 14.2 Å². The Labute approximate surface area is 126 Å². The summed E-state index contributed by atoms with van der Waals surface area (Å²) >= 11 is 0. The first kappa shape index (κ1) is 17.8. The molecule has 1 aromatic rings. The van der Waals surface area contributed by atoms with Crippen molar-refractivity contribution >= 4 is 15.9 Å². The van der Waals surface area contributed by atoms with Crippen LogP contribution in [0.15, 0.2) is 29.2 Å². The highest BCUT2D eigenvalue weighted by Gasteiger charge is 2.18. The first-order valence-corrected chi connectivity index (χ1v) is 8.44. The zero-order chi connectivity index (χ0) is 16.0. The van der Waals surface area contributed by atoms with Crippen LogP contribution in [0, 0.1) is 6.92 Å². The van der Waals surface area contributed by atoms with Crippen LogP contribution in [0.3, 0.4) is 0 Å². The average molecular weight is 313 g/mol. The molecule has 0 saturated carbocycles. The quantitative estimate of drug-likeness (QED) is 0.848. The molecule has 0 radical (unpaired) electrons. The summed E-state index contributed by atoms with van der Waals surface area (Å²) in [6, 6.07) is 6.52. The molecule has 0 amide bonds. The number of Topliss-reactive ketones (excluding diaryl/α,β-unsaturated/α-hetero) is 1. The Bertz CT molecular complexity index is 564. The minimum atomic E-state index is -4.02. The number of ketones is 1. The molecule has 21 heavy (non-hydrogen) atoms. The van der Waals surface area contributed by atoms with Gasteiger partial charge in [0, 0.05) is 12.5 Å². The Morgan fingerprint density at radius 2 is 1.76 bits per heavy atom. The summed E-state index contributed by atoms with van der Waals surface area (Å²) in [6.45, 7) is 7.89.